The molecule has 1 N–H and O–H groups in total. The molecule has 0 unspecified atom stereocenters. The lowest BCUT2D eigenvalue weighted by atomic mass is 9.88. The number of carbonyl (C=O) groups excluding carboxylic acids is 1. The van der Waals surface area contributed by atoms with Crippen molar-refractivity contribution in [1.82, 2.24) is 14.8 Å². The van der Waals surface area contributed by atoms with Crippen LogP contribution in [0.2, 0.25) is 0 Å². The Kier molecular flexibility index (Phi) is 6.97. The molecule has 28 heavy (non-hydrogen) atoms. The van der Waals surface area contributed by atoms with Crippen molar-refractivity contribution in [2.45, 2.75) is 19.9 Å². The van der Waals surface area contributed by atoms with E-state index in [1.165, 1.54) is 23.3 Å². The third kappa shape index (κ3) is 3.97. The van der Waals surface area contributed by atoms with Gasteiger partial charge in [0.15, 0.2) is 5.43 Å². The Balaban J connectivity index is 0.00000140. The molecule has 2 aliphatic rings. The van der Waals surface area contributed by atoms with Gasteiger partial charge >= 0.3 is 0 Å². The Morgan fingerprint density at radius 3 is 2.46 bits per heavy atom. The van der Waals surface area contributed by atoms with E-state index in [2.05, 4.69) is 48.1 Å². The fraction of sp³-hybridized carbons (Fsp3) is 0.429. The Bertz CT molecular complexity index is 915. The summed E-state index contributed by atoms with van der Waals surface area (Å²) in [5.41, 5.74) is 3.66. The number of pyridine rings is 1. The standard InChI is InChI=1S/C21H25N3O2.2ClH/c1-13-6-4-5-7-17(13)20-18-12-24(11-15(18)10-23(20)3)21(26)19-9-16(25)8-14(2)22-19;;/h4-9,15,18,20H,10-12H2,1-3H3,(H,22,25);2*1H/t15-,18+,20+;;/m0../s1. The van der Waals surface area contributed by atoms with Crippen LogP contribution in [-0.4, -0.2) is 47.4 Å². The van der Waals surface area contributed by atoms with Gasteiger partial charge in [0.1, 0.15) is 5.69 Å². The zero-order valence-electron chi connectivity index (χ0n) is 16.3. The third-order valence-corrected chi connectivity index (χ3v) is 5.90. The second kappa shape index (κ2) is 8.68. The van der Waals surface area contributed by atoms with Crippen molar-refractivity contribution in [3.05, 3.63) is 69.1 Å². The number of aromatic amines is 1. The van der Waals surface area contributed by atoms with Crippen LogP contribution in [0.4, 0.5) is 0 Å². The molecule has 5 nitrogen and oxygen atoms in total. The molecule has 7 heteroatoms. The second-order valence-corrected chi connectivity index (χ2v) is 7.79. The van der Waals surface area contributed by atoms with E-state index in [4.69, 9.17) is 0 Å². The summed E-state index contributed by atoms with van der Waals surface area (Å²) >= 11 is 0. The molecule has 0 bridgehead atoms. The molecule has 0 aliphatic carbocycles. The van der Waals surface area contributed by atoms with Crippen molar-refractivity contribution in [2.75, 3.05) is 26.7 Å². The van der Waals surface area contributed by atoms with Crippen LogP contribution in [0.25, 0.3) is 0 Å². The number of aryl methyl sites for hydroxylation is 2. The quantitative estimate of drug-likeness (QED) is 0.806. The fourth-order valence-corrected chi connectivity index (χ4v) is 4.78. The van der Waals surface area contributed by atoms with Gasteiger partial charge in [-0.15, -0.1) is 24.8 Å². The number of rotatable bonds is 2. The van der Waals surface area contributed by atoms with Gasteiger partial charge in [0.2, 0.25) is 0 Å². The zero-order chi connectivity index (χ0) is 18.4. The van der Waals surface area contributed by atoms with Crippen molar-refractivity contribution < 1.29 is 4.79 Å². The molecule has 1 aromatic carbocycles. The van der Waals surface area contributed by atoms with E-state index in [1.807, 2.05) is 4.90 Å². The van der Waals surface area contributed by atoms with Crippen LogP contribution >= 0.6 is 24.8 Å². The number of amides is 1. The largest absolute Gasteiger partial charge is 0.354 e. The van der Waals surface area contributed by atoms with Gasteiger partial charge in [0.05, 0.1) is 0 Å². The summed E-state index contributed by atoms with van der Waals surface area (Å²) in [5.74, 6) is 0.845. The van der Waals surface area contributed by atoms with Crippen molar-refractivity contribution in [3.8, 4) is 0 Å². The summed E-state index contributed by atoms with van der Waals surface area (Å²) in [6, 6.07) is 11.8. The minimum atomic E-state index is -0.124. The number of benzene rings is 1. The molecule has 3 atom stereocenters. The topological polar surface area (TPSA) is 56.4 Å². The second-order valence-electron chi connectivity index (χ2n) is 7.79. The van der Waals surface area contributed by atoms with Crippen LogP contribution in [0.1, 0.15) is 33.4 Å². The molecule has 2 saturated heterocycles. The molecule has 2 aliphatic heterocycles. The van der Waals surface area contributed by atoms with Gasteiger partial charge in [0, 0.05) is 49.4 Å². The number of hydrogen-bond donors (Lipinski definition) is 1. The average molecular weight is 424 g/mol. The minimum Gasteiger partial charge on any atom is -0.354 e. The number of fused-ring (bicyclic) bond motifs is 1. The van der Waals surface area contributed by atoms with E-state index in [1.54, 1.807) is 6.92 Å². The van der Waals surface area contributed by atoms with Crippen LogP contribution < -0.4 is 5.43 Å². The first-order chi connectivity index (χ1) is 12.4. The van der Waals surface area contributed by atoms with E-state index in [0.717, 1.165) is 25.3 Å². The first-order valence-corrected chi connectivity index (χ1v) is 9.20. The van der Waals surface area contributed by atoms with Gasteiger partial charge in [-0.3, -0.25) is 14.5 Å². The SMILES string of the molecule is Cc1cc(=O)cc(C(=O)N2C[C@@H]3CN(C)[C@H](c4ccccc4C)[C@@H]3C2)[nH]1.Cl.Cl. The average Bonchev–Trinajstić information content (AvgIpc) is 3.11. The Morgan fingerprint density at radius 1 is 1.07 bits per heavy atom. The van der Waals surface area contributed by atoms with Crippen molar-refractivity contribution in [1.29, 1.82) is 0 Å². The van der Waals surface area contributed by atoms with E-state index in [-0.39, 0.29) is 36.2 Å². The van der Waals surface area contributed by atoms with Crippen LogP contribution in [-0.2, 0) is 0 Å². The maximum Gasteiger partial charge on any atom is 0.270 e. The number of halogens is 2. The number of nitrogens with one attached hydrogen (secondary N) is 1. The van der Waals surface area contributed by atoms with Crippen LogP contribution in [0, 0.1) is 25.7 Å². The Hall–Kier alpha value is -1.82. The van der Waals surface area contributed by atoms with Gasteiger partial charge in [-0.05, 0) is 37.9 Å². The molecular formula is C21H27Cl2N3O2. The monoisotopic (exact) mass is 423 g/mol. The summed E-state index contributed by atoms with van der Waals surface area (Å²) in [6.45, 7) is 6.46. The predicted octanol–water partition coefficient (Wildman–Crippen LogP) is 3.21. The molecule has 2 aromatic rings. The zero-order valence-corrected chi connectivity index (χ0v) is 18.0. The molecule has 1 amide bonds. The van der Waals surface area contributed by atoms with Crippen LogP contribution in [0.15, 0.2) is 41.2 Å². The molecule has 0 spiro atoms. The smallest absolute Gasteiger partial charge is 0.270 e. The number of nitrogens with zero attached hydrogens (tertiary/aromatic N) is 2. The van der Waals surface area contributed by atoms with Crippen LogP contribution in [0.3, 0.4) is 0 Å². The van der Waals surface area contributed by atoms with E-state index in [0.29, 0.717) is 23.6 Å². The number of likely N-dealkylation sites (tertiary alicyclic amines) is 2. The summed E-state index contributed by atoms with van der Waals surface area (Å²) in [5, 5.41) is 0. The molecule has 1 aromatic heterocycles. The molecule has 3 heterocycles. The third-order valence-electron chi connectivity index (χ3n) is 5.90. The van der Waals surface area contributed by atoms with Gasteiger partial charge in [-0.1, -0.05) is 24.3 Å². The fourth-order valence-electron chi connectivity index (χ4n) is 4.78. The lowest BCUT2D eigenvalue weighted by Gasteiger charge is -2.28. The van der Waals surface area contributed by atoms with E-state index < -0.39 is 0 Å². The molecular weight excluding hydrogens is 397 g/mol. The highest BCUT2D eigenvalue weighted by atomic mass is 35.5. The molecule has 2 fully saturated rings. The lowest BCUT2D eigenvalue weighted by molar-refractivity contribution is 0.0761. The summed E-state index contributed by atoms with van der Waals surface area (Å²) in [6.07, 6.45) is 0. The van der Waals surface area contributed by atoms with Crippen LogP contribution in [0.5, 0.6) is 0 Å². The van der Waals surface area contributed by atoms with Crippen molar-refractivity contribution in [3.63, 3.8) is 0 Å². The first-order valence-electron chi connectivity index (χ1n) is 9.20. The van der Waals surface area contributed by atoms with E-state index in [9.17, 15) is 9.59 Å². The highest BCUT2D eigenvalue weighted by Gasteiger charge is 2.47. The molecule has 0 radical (unpaired) electrons. The Morgan fingerprint density at radius 2 is 1.79 bits per heavy atom. The Labute approximate surface area is 177 Å². The van der Waals surface area contributed by atoms with Crippen molar-refractivity contribution >= 4 is 30.7 Å². The van der Waals surface area contributed by atoms with Gasteiger partial charge in [-0.25, -0.2) is 0 Å². The number of hydrogen-bond acceptors (Lipinski definition) is 3. The summed E-state index contributed by atoms with van der Waals surface area (Å²) in [7, 11) is 2.18. The molecule has 4 rings (SSSR count). The highest BCUT2D eigenvalue weighted by Crippen LogP contribution is 2.44. The molecule has 152 valence electrons. The maximum atomic E-state index is 12.9. The number of aromatic nitrogens is 1. The molecule has 0 saturated carbocycles. The summed E-state index contributed by atoms with van der Waals surface area (Å²) in [4.78, 5) is 32.1. The first kappa shape index (κ1) is 22.5. The summed E-state index contributed by atoms with van der Waals surface area (Å²) < 4.78 is 0. The predicted molar refractivity (Wildman–Crippen MR) is 116 cm³/mol. The lowest BCUT2D eigenvalue weighted by Crippen LogP contribution is -2.34. The van der Waals surface area contributed by atoms with Gasteiger partial charge in [0.25, 0.3) is 5.91 Å². The van der Waals surface area contributed by atoms with E-state index >= 15 is 0 Å². The maximum absolute atomic E-state index is 12.9. The minimum absolute atomic E-state index is 0. The normalized spacial score (nSPS) is 23.7. The highest BCUT2D eigenvalue weighted by molar-refractivity contribution is 5.92. The number of H-pyrrole nitrogens is 1. The van der Waals surface area contributed by atoms with Gasteiger partial charge < -0.3 is 9.88 Å². The number of carbonyl (C=O) groups is 1. The van der Waals surface area contributed by atoms with Crippen molar-refractivity contribution in [2.24, 2.45) is 11.8 Å². The van der Waals surface area contributed by atoms with Gasteiger partial charge in [-0.2, -0.15) is 0 Å².